The van der Waals surface area contributed by atoms with E-state index in [1.165, 1.54) is 0 Å². The van der Waals surface area contributed by atoms with Gasteiger partial charge in [-0.05, 0) is 74.6 Å². The van der Waals surface area contributed by atoms with E-state index in [0.717, 1.165) is 46.4 Å². The maximum atomic E-state index is 12.6. The maximum absolute atomic E-state index is 12.6. The average Bonchev–Trinajstić information content (AvgIpc) is 3.52. The quantitative estimate of drug-likeness (QED) is 0.723. The number of aliphatic hydroxyl groups is 1. The van der Waals surface area contributed by atoms with E-state index in [1.807, 2.05) is 83.0 Å². The molecular formula is C24H25N3O2. The molecule has 5 heteroatoms. The molecule has 0 bridgehead atoms. The Hall–Kier alpha value is -3.05. The summed E-state index contributed by atoms with van der Waals surface area (Å²) in [5, 5.41) is 15.9. The van der Waals surface area contributed by atoms with Crippen LogP contribution in [0.25, 0.3) is 10.9 Å². The molecule has 2 aliphatic rings. The molecule has 2 heterocycles. The number of para-hydroxylation sites is 1. The van der Waals surface area contributed by atoms with Gasteiger partial charge in [-0.2, -0.15) is 0 Å². The van der Waals surface area contributed by atoms with Crippen molar-refractivity contribution < 1.29 is 5.11 Å². The smallest absolute Gasteiger partial charge is 0.251 e. The highest BCUT2D eigenvalue weighted by molar-refractivity contribution is 5.88. The number of hydrazine groups is 1. The van der Waals surface area contributed by atoms with E-state index in [0.29, 0.717) is 12.5 Å². The first-order chi connectivity index (χ1) is 14.1. The number of anilines is 2. The van der Waals surface area contributed by atoms with Crippen molar-refractivity contribution in [2.45, 2.75) is 45.4 Å². The second-order valence-corrected chi connectivity index (χ2v) is 7.87. The van der Waals surface area contributed by atoms with Crippen LogP contribution in [0.4, 0.5) is 11.4 Å². The van der Waals surface area contributed by atoms with Crippen LogP contribution < -0.4 is 15.6 Å². The normalized spacial score (nSPS) is 19.1. The van der Waals surface area contributed by atoms with Crippen LogP contribution in [0.2, 0.25) is 0 Å². The van der Waals surface area contributed by atoms with E-state index >= 15 is 0 Å². The van der Waals surface area contributed by atoms with Gasteiger partial charge in [0.25, 0.3) is 5.56 Å². The molecule has 0 radical (unpaired) electrons. The summed E-state index contributed by atoms with van der Waals surface area (Å²) in [5.41, 5.74) is 5.06. The lowest BCUT2D eigenvalue weighted by Crippen LogP contribution is -2.42. The summed E-state index contributed by atoms with van der Waals surface area (Å²) in [6, 6.07) is 18.0. The summed E-state index contributed by atoms with van der Waals surface area (Å²) >= 11 is 0. The van der Waals surface area contributed by atoms with Gasteiger partial charge in [0.05, 0.1) is 16.9 Å². The Morgan fingerprint density at radius 3 is 2.48 bits per heavy atom. The summed E-state index contributed by atoms with van der Waals surface area (Å²) < 4.78 is 1.82. The number of hydrogen-bond acceptors (Lipinski definition) is 4. The summed E-state index contributed by atoms with van der Waals surface area (Å²) in [6.07, 6.45) is 3.39. The average molecular weight is 387 g/mol. The molecule has 0 amide bonds. The lowest BCUT2D eigenvalue weighted by molar-refractivity contribution is 0.224. The Kier molecular flexibility index (Phi) is 4.21. The van der Waals surface area contributed by atoms with Crippen molar-refractivity contribution in [1.29, 1.82) is 0 Å². The first kappa shape index (κ1) is 18.0. The summed E-state index contributed by atoms with van der Waals surface area (Å²) in [6.45, 7) is 4.64. The molecular weight excluding hydrogens is 362 g/mol. The number of hydrogen-bond donors (Lipinski definition) is 1. The Morgan fingerprint density at radius 2 is 1.79 bits per heavy atom. The zero-order valence-electron chi connectivity index (χ0n) is 16.7. The molecule has 1 N–H and O–H groups in total. The Balaban J connectivity index is 1.68. The highest BCUT2D eigenvalue weighted by Gasteiger charge is 2.32. The highest BCUT2D eigenvalue weighted by atomic mass is 16.3. The molecule has 1 aliphatic heterocycles. The van der Waals surface area contributed by atoms with Crippen molar-refractivity contribution in [3.8, 4) is 0 Å². The number of aliphatic hydroxyl groups excluding tert-OH is 1. The molecule has 0 saturated heterocycles. The lowest BCUT2D eigenvalue weighted by Gasteiger charge is -2.35. The first-order valence-electron chi connectivity index (χ1n) is 10.3. The topological polar surface area (TPSA) is 48.7 Å². The fourth-order valence-corrected chi connectivity index (χ4v) is 4.41. The molecule has 1 saturated carbocycles. The second-order valence-electron chi connectivity index (χ2n) is 7.87. The molecule has 5 nitrogen and oxygen atoms in total. The predicted octanol–water partition coefficient (Wildman–Crippen LogP) is 4.36. The van der Waals surface area contributed by atoms with E-state index in [4.69, 9.17) is 0 Å². The van der Waals surface area contributed by atoms with Crippen molar-refractivity contribution in [3.05, 3.63) is 82.3 Å². The summed E-state index contributed by atoms with van der Waals surface area (Å²) in [5.74, 6) is 0.473. The molecule has 1 fully saturated rings. The highest BCUT2D eigenvalue weighted by Crippen LogP contribution is 2.43. The number of nitrogens with zero attached hydrogens (tertiary/aromatic N) is 3. The predicted molar refractivity (Wildman–Crippen MR) is 117 cm³/mol. The van der Waals surface area contributed by atoms with Gasteiger partial charge >= 0.3 is 0 Å². The molecule has 29 heavy (non-hydrogen) atoms. The SMILES string of the molecule is CCn1c(=O)cc(C2CC2)c2cc(N3C(O)C=C(C)N3c3ccccc3)ccc21. The Bertz CT molecular complexity index is 1160. The van der Waals surface area contributed by atoms with Crippen molar-refractivity contribution in [1.82, 2.24) is 4.57 Å². The van der Waals surface area contributed by atoms with Crippen molar-refractivity contribution in [2.24, 2.45) is 0 Å². The first-order valence-corrected chi connectivity index (χ1v) is 10.3. The summed E-state index contributed by atoms with van der Waals surface area (Å²) in [7, 11) is 0. The van der Waals surface area contributed by atoms with Gasteiger partial charge < -0.3 is 9.67 Å². The van der Waals surface area contributed by atoms with Gasteiger partial charge in [-0.3, -0.25) is 9.80 Å². The fourth-order valence-electron chi connectivity index (χ4n) is 4.41. The molecule has 2 aromatic carbocycles. The lowest BCUT2D eigenvalue weighted by atomic mass is 10.0. The third-order valence-electron chi connectivity index (χ3n) is 5.92. The van der Waals surface area contributed by atoms with Crippen LogP contribution in [-0.2, 0) is 6.54 Å². The minimum Gasteiger partial charge on any atom is -0.368 e. The molecule has 1 aliphatic carbocycles. The van der Waals surface area contributed by atoms with Crippen LogP contribution in [-0.4, -0.2) is 15.9 Å². The number of aromatic nitrogens is 1. The zero-order valence-corrected chi connectivity index (χ0v) is 16.7. The fraction of sp³-hybridized carbons (Fsp3) is 0.292. The monoisotopic (exact) mass is 387 g/mol. The summed E-state index contributed by atoms with van der Waals surface area (Å²) in [4.78, 5) is 12.6. The standard InChI is InChI=1S/C24H25N3O2/c1-3-25-22-12-11-19(14-21(22)20(15-23(25)28)17-9-10-17)27-24(29)13-16(2)26(27)18-7-5-4-6-8-18/h4-8,11-15,17,24,29H,3,9-10H2,1-2H3. The van der Waals surface area contributed by atoms with Crippen LogP contribution in [0, 0.1) is 0 Å². The molecule has 1 aromatic heterocycles. The van der Waals surface area contributed by atoms with Crippen LogP contribution in [0.3, 0.4) is 0 Å². The van der Waals surface area contributed by atoms with Crippen LogP contribution in [0.5, 0.6) is 0 Å². The third-order valence-corrected chi connectivity index (χ3v) is 5.92. The largest absolute Gasteiger partial charge is 0.368 e. The Labute approximate surface area is 170 Å². The molecule has 0 spiro atoms. The number of benzene rings is 2. The number of allylic oxidation sites excluding steroid dienone is 1. The van der Waals surface area contributed by atoms with Gasteiger partial charge in [0.2, 0.25) is 0 Å². The number of fused-ring (bicyclic) bond motifs is 1. The van der Waals surface area contributed by atoms with E-state index in [9.17, 15) is 9.90 Å². The van der Waals surface area contributed by atoms with Gasteiger partial charge in [0.15, 0.2) is 6.23 Å². The number of rotatable bonds is 4. The van der Waals surface area contributed by atoms with Crippen LogP contribution in [0.1, 0.15) is 38.2 Å². The van der Waals surface area contributed by atoms with E-state index < -0.39 is 6.23 Å². The van der Waals surface area contributed by atoms with Crippen LogP contribution in [0.15, 0.2) is 71.2 Å². The van der Waals surface area contributed by atoms with Crippen molar-refractivity contribution in [2.75, 3.05) is 10.0 Å². The van der Waals surface area contributed by atoms with E-state index in [-0.39, 0.29) is 5.56 Å². The van der Waals surface area contributed by atoms with Gasteiger partial charge in [0, 0.05) is 23.7 Å². The van der Waals surface area contributed by atoms with E-state index in [1.54, 1.807) is 0 Å². The molecule has 3 aromatic rings. The Morgan fingerprint density at radius 1 is 1.03 bits per heavy atom. The second kappa shape index (κ2) is 6.78. The van der Waals surface area contributed by atoms with Crippen LogP contribution >= 0.6 is 0 Å². The van der Waals surface area contributed by atoms with Gasteiger partial charge in [-0.1, -0.05) is 18.2 Å². The maximum Gasteiger partial charge on any atom is 0.251 e. The molecule has 1 unspecified atom stereocenters. The van der Waals surface area contributed by atoms with Crippen molar-refractivity contribution in [3.63, 3.8) is 0 Å². The number of pyridine rings is 1. The minimum absolute atomic E-state index is 0.0688. The molecule has 5 rings (SSSR count). The van der Waals surface area contributed by atoms with E-state index in [2.05, 4.69) is 6.07 Å². The minimum atomic E-state index is -0.742. The molecule has 148 valence electrons. The zero-order chi connectivity index (χ0) is 20.1. The third kappa shape index (κ3) is 2.93. The van der Waals surface area contributed by atoms with Crippen molar-refractivity contribution >= 4 is 22.3 Å². The van der Waals surface area contributed by atoms with Gasteiger partial charge in [-0.25, -0.2) is 5.01 Å². The molecule has 1 atom stereocenters. The number of aryl methyl sites for hydroxylation is 1. The van der Waals surface area contributed by atoms with Gasteiger partial charge in [0.1, 0.15) is 0 Å². The van der Waals surface area contributed by atoms with Gasteiger partial charge in [-0.15, -0.1) is 0 Å².